The zero-order valence-electron chi connectivity index (χ0n) is 10.0. The summed E-state index contributed by atoms with van der Waals surface area (Å²) in [5.74, 6) is 1.74. The van der Waals surface area contributed by atoms with Gasteiger partial charge in [0.15, 0.2) is 0 Å². The van der Waals surface area contributed by atoms with E-state index >= 15 is 0 Å². The Morgan fingerprint density at radius 1 is 1.41 bits per heavy atom. The standard InChI is InChI=1S/C14H17NO2/c1-3-4-5-10-15(11-14(16)17)13-8-6-12(2)7-9-13/h1,6-9H,4-5,10-11H2,2H3,(H,16,17). The van der Waals surface area contributed by atoms with Crippen molar-refractivity contribution in [2.24, 2.45) is 0 Å². The molecule has 0 aliphatic rings. The number of rotatable bonds is 6. The van der Waals surface area contributed by atoms with Crippen molar-refractivity contribution in [1.82, 2.24) is 0 Å². The van der Waals surface area contributed by atoms with E-state index < -0.39 is 5.97 Å². The van der Waals surface area contributed by atoms with Crippen molar-refractivity contribution in [3.63, 3.8) is 0 Å². The summed E-state index contributed by atoms with van der Waals surface area (Å²) in [4.78, 5) is 12.6. The van der Waals surface area contributed by atoms with Gasteiger partial charge in [-0.3, -0.25) is 4.79 Å². The molecule has 0 amide bonds. The van der Waals surface area contributed by atoms with Crippen LogP contribution in [-0.2, 0) is 4.79 Å². The third kappa shape index (κ3) is 4.60. The molecule has 0 aliphatic carbocycles. The fourth-order valence-electron chi connectivity index (χ4n) is 1.59. The highest BCUT2D eigenvalue weighted by Gasteiger charge is 2.09. The van der Waals surface area contributed by atoms with Crippen LogP contribution < -0.4 is 4.90 Å². The van der Waals surface area contributed by atoms with Crippen molar-refractivity contribution < 1.29 is 9.90 Å². The van der Waals surface area contributed by atoms with E-state index in [1.165, 1.54) is 0 Å². The Balaban J connectivity index is 2.71. The molecule has 0 spiro atoms. The molecule has 0 bridgehead atoms. The fourth-order valence-corrected chi connectivity index (χ4v) is 1.59. The van der Waals surface area contributed by atoms with Gasteiger partial charge in [-0.1, -0.05) is 17.7 Å². The first-order valence-corrected chi connectivity index (χ1v) is 5.60. The molecule has 1 N–H and O–H groups in total. The van der Waals surface area contributed by atoms with E-state index in [9.17, 15) is 4.79 Å². The number of unbranched alkanes of at least 4 members (excludes halogenated alkanes) is 1. The van der Waals surface area contributed by atoms with Crippen LogP contribution >= 0.6 is 0 Å². The van der Waals surface area contributed by atoms with Gasteiger partial charge in [0, 0.05) is 18.7 Å². The average molecular weight is 231 g/mol. The van der Waals surface area contributed by atoms with Crippen molar-refractivity contribution in [3.05, 3.63) is 29.8 Å². The minimum absolute atomic E-state index is 0.00757. The fraction of sp³-hybridized carbons (Fsp3) is 0.357. The molecule has 1 rings (SSSR count). The zero-order valence-corrected chi connectivity index (χ0v) is 10.0. The van der Waals surface area contributed by atoms with Crippen molar-refractivity contribution in [3.8, 4) is 12.3 Å². The van der Waals surface area contributed by atoms with Gasteiger partial charge in [-0.2, -0.15) is 0 Å². The summed E-state index contributed by atoms with van der Waals surface area (Å²) < 4.78 is 0. The van der Waals surface area contributed by atoms with Gasteiger partial charge in [0.1, 0.15) is 6.54 Å². The summed E-state index contributed by atoms with van der Waals surface area (Å²) in [6.07, 6.45) is 6.66. The van der Waals surface area contributed by atoms with E-state index in [1.54, 1.807) is 0 Å². The number of aliphatic carboxylic acids is 1. The number of benzene rings is 1. The lowest BCUT2D eigenvalue weighted by atomic mass is 10.2. The average Bonchev–Trinajstić information content (AvgIpc) is 2.28. The second kappa shape index (κ2) is 6.59. The molecule has 17 heavy (non-hydrogen) atoms. The normalized spacial score (nSPS) is 9.65. The van der Waals surface area contributed by atoms with Gasteiger partial charge in [-0.05, 0) is 25.5 Å². The van der Waals surface area contributed by atoms with Gasteiger partial charge >= 0.3 is 5.97 Å². The number of nitrogens with zero attached hydrogens (tertiary/aromatic N) is 1. The lowest BCUT2D eigenvalue weighted by Gasteiger charge is -2.22. The molecule has 3 heteroatoms. The van der Waals surface area contributed by atoms with Crippen molar-refractivity contribution in [1.29, 1.82) is 0 Å². The van der Waals surface area contributed by atoms with Crippen LogP contribution in [0.5, 0.6) is 0 Å². The van der Waals surface area contributed by atoms with Gasteiger partial charge in [-0.25, -0.2) is 0 Å². The van der Waals surface area contributed by atoms with Crippen molar-refractivity contribution in [2.75, 3.05) is 18.0 Å². The number of aryl methyl sites for hydroxylation is 1. The monoisotopic (exact) mass is 231 g/mol. The molecule has 90 valence electrons. The number of hydrogen-bond donors (Lipinski definition) is 1. The third-order valence-corrected chi connectivity index (χ3v) is 2.47. The van der Waals surface area contributed by atoms with Crippen molar-refractivity contribution >= 4 is 11.7 Å². The number of carboxylic acid groups (broad SMARTS) is 1. The van der Waals surface area contributed by atoms with Crippen LogP contribution in [0, 0.1) is 19.3 Å². The largest absolute Gasteiger partial charge is 0.480 e. The van der Waals surface area contributed by atoms with E-state index in [2.05, 4.69) is 5.92 Å². The van der Waals surface area contributed by atoms with Crippen LogP contribution in [0.3, 0.4) is 0 Å². The number of hydrogen-bond acceptors (Lipinski definition) is 2. The summed E-state index contributed by atoms with van der Waals surface area (Å²) in [5, 5.41) is 8.87. The van der Waals surface area contributed by atoms with E-state index in [4.69, 9.17) is 11.5 Å². The Hall–Kier alpha value is -1.95. The molecule has 0 aliphatic heterocycles. The molecule has 0 atom stereocenters. The summed E-state index contributed by atoms with van der Waals surface area (Å²) in [7, 11) is 0. The lowest BCUT2D eigenvalue weighted by molar-refractivity contribution is -0.135. The van der Waals surface area contributed by atoms with E-state index in [0.29, 0.717) is 13.0 Å². The van der Waals surface area contributed by atoms with Crippen molar-refractivity contribution in [2.45, 2.75) is 19.8 Å². The number of anilines is 1. The summed E-state index contributed by atoms with van der Waals surface area (Å²) >= 11 is 0. The predicted octanol–water partition coefficient (Wildman–Crippen LogP) is 2.30. The summed E-state index contributed by atoms with van der Waals surface area (Å²) in [6, 6.07) is 7.83. The second-order valence-corrected chi connectivity index (χ2v) is 3.96. The maximum Gasteiger partial charge on any atom is 0.323 e. The quantitative estimate of drug-likeness (QED) is 0.603. The van der Waals surface area contributed by atoms with Crippen LogP contribution in [-0.4, -0.2) is 24.2 Å². The summed E-state index contributed by atoms with van der Waals surface area (Å²) in [5.41, 5.74) is 2.09. The van der Waals surface area contributed by atoms with E-state index in [1.807, 2.05) is 36.1 Å². The molecule has 0 saturated carbocycles. The molecule has 1 aromatic rings. The highest BCUT2D eigenvalue weighted by atomic mass is 16.4. The number of terminal acetylenes is 1. The summed E-state index contributed by atoms with van der Waals surface area (Å²) in [6.45, 7) is 2.68. The Morgan fingerprint density at radius 2 is 2.06 bits per heavy atom. The molecular weight excluding hydrogens is 214 g/mol. The minimum atomic E-state index is -0.828. The SMILES string of the molecule is C#CCCCN(CC(=O)O)c1ccc(C)cc1. The highest BCUT2D eigenvalue weighted by molar-refractivity contribution is 5.73. The van der Waals surface area contributed by atoms with Crippen LogP contribution in [0.25, 0.3) is 0 Å². The zero-order chi connectivity index (χ0) is 12.7. The molecule has 0 heterocycles. The smallest absolute Gasteiger partial charge is 0.323 e. The first kappa shape index (κ1) is 13.1. The molecule has 0 aromatic heterocycles. The lowest BCUT2D eigenvalue weighted by Crippen LogP contribution is -2.30. The molecule has 0 fully saturated rings. The van der Waals surface area contributed by atoms with Gasteiger partial charge < -0.3 is 10.0 Å². The van der Waals surface area contributed by atoms with E-state index in [0.717, 1.165) is 17.7 Å². The third-order valence-electron chi connectivity index (χ3n) is 2.47. The topological polar surface area (TPSA) is 40.5 Å². The van der Waals surface area contributed by atoms with Crippen LogP contribution in [0.15, 0.2) is 24.3 Å². The number of carbonyl (C=O) groups is 1. The molecular formula is C14H17NO2. The van der Waals surface area contributed by atoms with Crippen LogP contribution in [0.1, 0.15) is 18.4 Å². The van der Waals surface area contributed by atoms with E-state index in [-0.39, 0.29) is 6.54 Å². The van der Waals surface area contributed by atoms with Gasteiger partial charge in [0.2, 0.25) is 0 Å². The molecule has 0 radical (unpaired) electrons. The Morgan fingerprint density at radius 3 is 2.59 bits per heavy atom. The second-order valence-electron chi connectivity index (χ2n) is 3.96. The van der Waals surface area contributed by atoms with Gasteiger partial charge in [-0.15, -0.1) is 12.3 Å². The first-order valence-electron chi connectivity index (χ1n) is 5.60. The maximum absolute atomic E-state index is 10.8. The maximum atomic E-state index is 10.8. The Kier molecular flexibility index (Phi) is 5.09. The molecule has 0 unspecified atom stereocenters. The Labute approximate surface area is 102 Å². The van der Waals surface area contributed by atoms with Gasteiger partial charge in [0.25, 0.3) is 0 Å². The molecule has 3 nitrogen and oxygen atoms in total. The minimum Gasteiger partial charge on any atom is -0.480 e. The van der Waals surface area contributed by atoms with Crippen LogP contribution in [0.4, 0.5) is 5.69 Å². The number of carboxylic acids is 1. The Bertz CT molecular complexity index is 403. The van der Waals surface area contributed by atoms with Gasteiger partial charge in [0.05, 0.1) is 0 Å². The highest BCUT2D eigenvalue weighted by Crippen LogP contribution is 2.15. The first-order chi connectivity index (χ1) is 8.13. The predicted molar refractivity (Wildman–Crippen MR) is 69.1 cm³/mol. The molecule has 1 aromatic carbocycles. The van der Waals surface area contributed by atoms with Crippen LogP contribution in [0.2, 0.25) is 0 Å². The molecule has 0 saturated heterocycles.